The van der Waals surface area contributed by atoms with E-state index >= 15 is 0 Å². The molecule has 0 radical (unpaired) electrons. The van der Waals surface area contributed by atoms with E-state index in [0.717, 1.165) is 44.7 Å². The van der Waals surface area contributed by atoms with Crippen LogP contribution < -0.4 is 4.74 Å². The molecule has 2 aromatic rings. The van der Waals surface area contributed by atoms with Gasteiger partial charge in [0.2, 0.25) is 0 Å². The van der Waals surface area contributed by atoms with Crippen molar-refractivity contribution in [3.05, 3.63) is 59.7 Å². The van der Waals surface area contributed by atoms with Gasteiger partial charge in [0.25, 0.3) is 0 Å². The highest BCUT2D eigenvalue weighted by atomic mass is 32.2. The number of hydrogen-bond acceptors (Lipinski definition) is 4. The Morgan fingerprint density at radius 2 is 1.66 bits per heavy atom. The van der Waals surface area contributed by atoms with Crippen molar-refractivity contribution in [2.45, 2.75) is 43.7 Å². The zero-order valence-electron chi connectivity index (χ0n) is 18.6. The first-order valence-electron chi connectivity index (χ1n) is 10.9. The van der Waals surface area contributed by atoms with Crippen LogP contribution in [0.3, 0.4) is 0 Å². The van der Waals surface area contributed by atoms with Crippen LogP contribution in [0.1, 0.15) is 37.8 Å². The van der Waals surface area contributed by atoms with Crippen molar-refractivity contribution < 1.29 is 4.74 Å². The van der Waals surface area contributed by atoms with E-state index in [2.05, 4.69) is 92.5 Å². The molecule has 0 N–H and O–H groups in total. The first kappa shape index (κ1) is 22.2. The molecule has 4 heteroatoms. The third kappa shape index (κ3) is 4.21. The number of ether oxygens (including phenoxy) is 1. The van der Waals surface area contributed by atoms with Gasteiger partial charge in [0.05, 0.1) is 6.61 Å². The molecule has 2 aromatic carbocycles. The minimum absolute atomic E-state index is 0.0305. The van der Waals surface area contributed by atoms with Crippen molar-refractivity contribution in [1.29, 1.82) is 0 Å². The molecule has 1 aliphatic rings. The first-order chi connectivity index (χ1) is 14.1. The summed E-state index contributed by atoms with van der Waals surface area (Å²) in [5, 5.41) is 0. The zero-order valence-corrected chi connectivity index (χ0v) is 19.5. The standard InChI is InChI=1S/C25H36N2OS/c1-6-26(3)25(27(4)7-2)21(19-20-13-8-9-15-22(20)25)14-12-18-28-23-16-10-11-17-24(23)29-5/h8-11,13,15-17,21H,6-7,12,14,18-19H2,1-5H3. The molecule has 158 valence electrons. The van der Waals surface area contributed by atoms with Gasteiger partial charge in [-0.25, -0.2) is 0 Å². The lowest BCUT2D eigenvalue weighted by atomic mass is 9.85. The molecule has 3 rings (SSSR count). The number of fused-ring (bicyclic) bond motifs is 1. The molecule has 0 amide bonds. The predicted octanol–water partition coefficient (Wildman–Crippen LogP) is 5.50. The fourth-order valence-electron chi connectivity index (χ4n) is 5.05. The zero-order chi connectivity index (χ0) is 20.9. The van der Waals surface area contributed by atoms with E-state index in [9.17, 15) is 0 Å². The summed E-state index contributed by atoms with van der Waals surface area (Å²) in [4.78, 5) is 6.32. The van der Waals surface area contributed by atoms with Crippen LogP contribution in [0.25, 0.3) is 0 Å². The summed E-state index contributed by atoms with van der Waals surface area (Å²) >= 11 is 1.75. The molecule has 1 aliphatic carbocycles. The minimum atomic E-state index is -0.0305. The molecule has 3 nitrogen and oxygen atoms in total. The first-order valence-corrected chi connectivity index (χ1v) is 12.1. The highest BCUT2D eigenvalue weighted by Crippen LogP contribution is 2.49. The molecule has 0 saturated heterocycles. The van der Waals surface area contributed by atoms with Crippen LogP contribution in [0.5, 0.6) is 5.75 Å². The monoisotopic (exact) mass is 412 g/mol. The van der Waals surface area contributed by atoms with E-state index < -0.39 is 0 Å². The van der Waals surface area contributed by atoms with Gasteiger partial charge < -0.3 is 4.74 Å². The lowest BCUT2D eigenvalue weighted by Gasteiger charge is -2.50. The average molecular weight is 413 g/mol. The maximum atomic E-state index is 6.16. The number of benzene rings is 2. The largest absolute Gasteiger partial charge is 0.492 e. The fraction of sp³-hybridized carbons (Fsp3) is 0.520. The van der Waals surface area contributed by atoms with Crippen molar-refractivity contribution in [1.82, 2.24) is 9.80 Å². The van der Waals surface area contributed by atoms with Gasteiger partial charge in [-0.3, -0.25) is 9.80 Å². The molecule has 29 heavy (non-hydrogen) atoms. The lowest BCUT2D eigenvalue weighted by molar-refractivity contribution is -0.0720. The lowest BCUT2D eigenvalue weighted by Crippen LogP contribution is -2.58. The van der Waals surface area contributed by atoms with Crippen LogP contribution in [0.2, 0.25) is 0 Å². The molecule has 0 aromatic heterocycles. The maximum Gasteiger partial charge on any atom is 0.132 e. The van der Waals surface area contributed by atoms with Crippen molar-refractivity contribution in [3.8, 4) is 5.75 Å². The third-order valence-electron chi connectivity index (χ3n) is 6.59. The normalized spacial score (nSPS) is 17.7. The van der Waals surface area contributed by atoms with E-state index in [4.69, 9.17) is 4.74 Å². The van der Waals surface area contributed by atoms with Crippen molar-refractivity contribution in [3.63, 3.8) is 0 Å². The molecule has 1 atom stereocenters. The van der Waals surface area contributed by atoms with E-state index in [1.54, 1.807) is 11.8 Å². The molecule has 0 saturated carbocycles. The van der Waals surface area contributed by atoms with Gasteiger partial charge in [0, 0.05) is 4.90 Å². The summed E-state index contributed by atoms with van der Waals surface area (Å²) in [6, 6.07) is 17.4. The molecule has 0 heterocycles. The van der Waals surface area contributed by atoms with Gasteiger partial charge in [-0.15, -0.1) is 11.8 Å². The van der Waals surface area contributed by atoms with Crippen LogP contribution in [-0.4, -0.2) is 49.8 Å². The van der Waals surface area contributed by atoms with Crippen LogP contribution in [0.15, 0.2) is 53.4 Å². The Hall–Kier alpha value is -1.49. The Morgan fingerprint density at radius 1 is 1.00 bits per heavy atom. The molecule has 0 spiro atoms. The predicted molar refractivity (Wildman–Crippen MR) is 125 cm³/mol. The fourth-order valence-corrected chi connectivity index (χ4v) is 5.59. The van der Waals surface area contributed by atoms with Crippen LogP contribution in [0.4, 0.5) is 0 Å². The number of rotatable bonds is 10. The van der Waals surface area contributed by atoms with Gasteiger partial charge in [-0.2, -0.15) is 0 Å². The van der Waals surface area contributed by atoms with Crippen LogP contribution in [0, 0.1) is 5.92 Å². The minimum Gasteiger partial charge on any atom is -0.492 e. The number of nitrogens with zero attached hydrogens (tertiary/aromatic N) is 2. The number of hydrogen-bond donors (Lipinski definition) is 0. The third-order valence-corrected chi connectivity index (χ3v) is 7.36. The van der Waals surface area contributed by atoms with Gasteiger partial charge in [-0.05, 0) is 81.9 Å². The Labute approximate surface area is 181 Å². The molecular weight excluding hydrogens is 376 g/mol. The average Bonchev–Trinajstić information content (AvgIpc) is 3.10. The van der Waals surface area contributed by atoms with E-state index in [1.165, 1.54) is 16.0 Å². The summed E-state index contributed by atoms with van der Waals surface area (Å²) in [5.74, 6) is 1.58. The Morgan fingerprint density at radius 3 is 2.34 bits per heavy atom. The topological polar surface area (TPSA) is 15.7 Å². The summed E-state index contributed by atoms with van der Waals surface area (Å²) in [5.41, 5.74) is 2.97. The second-order valence-corrected chi connectivity index (χ2v) is 8.80. The molecule has 1 unspecified atom stereocenters. The van der Waals surface area contributed by atoms with Crippen molar-refractivity contribution in [2.75, 3.05) is 40.0 Å². The Kier molecular flexibility index (Phi) is 7.66. The summed E-state index contributed by atoms with van der Waals surface area (Å²) < 4.78 is 6.16. The summed E-state index contributed by atoms with van der Waals surface area (Å²) in [6.07, 6.45) is 5.47. The van der Waals surface area contributed by atoms with Crippen molar-refractivity contribution >= 4 is 11.8 Å². The summed E-state index contributed by atoms with van der Waals surface area (Å²) in [6.45, 7) is 7.38. The van der Waals surface area contributed by atoms with Crippen LogP contribution in [-0.2, 0) is 12.1 Å². The quantitative estimate of drug-likeness (QED) is 0.291. The SMILES string of the molecule is CCN(C)C1(N(C)CC)c2ccccc2CC1CCCOc1ccccc1SC. The van der Waals surface area contributed by atoms with E-state index in [1.807, 2.05) is 0 Å². The molecule has 0 fully saturated rings. The molecule has 0 aliphatic heterocycles. The Bertz CT molecular complexity index is 784. The van der Waals surface area contributed by atoms with E-state index in [-0.39, 0.29) is 5.66 Å². The van der Waals surface area contributed by atoms with Crippen LogP contribution >= 0.6 is 11.8 Å². The number of para-hydroxylation sites is 1. The summed E-state index contributed by atoms with van der Waals surface area (Å²) in [7, 11) is 4.57. The highest BCUT2D eigenvalue weighted by Gasteiger charge is 2.51. The maximum absolute atomic E-state index is 6.16. The second kappa shape index (κ2) is 10.0. The van der Waals surface area contributed by atoms with Gasteiger partial charge >= 0.3 is 0 Å². The van der Waals surface area contributed by atoms with Gasteiger partial charge in [-0.1, -0.05) is 50.2 Å². The van der Waals surface area contributed by atoms with Gasteiger partial charge in [0.1, 0.15) is 11.4 Å². The second-order valence-electron chi connectivity index (χ2n) is 7.95. The van der Waals surface area contributed by atoms with Gasteiger partial charge in [0.15, 0.2) is 0 Å². The van der Waals surface area contributed by atoms with Crippen molar-refractivity contribution in [2.24, 2.45) is 5.92 Å². The number of thioether (sulfide) groups is 1. The Balaban J connectivity index is 1.77. The smallest absolute Gasteiger partial charge is 0.132 e. The van der Waals surface area contributed by atoms with E-state index in [0.29, 0.717) is 5.92 Å². The molecule has 0 bridgehead atoms. The highest BCUT2D eigenvalue weighted by molar-refractivity contribution is 7.98. The molecular formula is C25H36N2OS.